The van der Waals surface area contributed by atoms with Crippen molar-refractivity contribution in [3.05, 3.63) is 187 Å². The normalized spacial score (nSPS) is 13.1. The molecule has 3 nitrogen and oxygen atoms in total. The van der Waals surface area contributed by atoms with Crippen LogP contribution >= 0.6 is 0 Å². The van der Waals surface area contributed by atoms with Crippen LogP contribution in [0.3, 0.4) is 0 Å². The van der Waals surface area contributed by atoms with E-state index in [4.69, 9.17) is 15.0 Å². The van der Waals surface area contributed by atoms with Gasteiger partial charge in [-0.2, -0.15) is 0 Å². The molecule has 0 unspecified atom stereocenters. The van der Waals surface area contributed by atoms with Crippen LogP contribution in [0.1, 0.15) is 25.0 Å². The Bertz CT molecular complexity index is 3020. The highest BCUT2D eigenvalue weighted by molar-refractivity contribution is 6.25. The molecule has 0 N–H and O–H groups in total. The average molecular weight is 702 g/mol. The molecule has 0 atom stereocenters. The van der Waals surface area contributed by atoms with E-state index in [9.17, 15) is 0 Å². The Morgan fingerprint density at radius 3 is 1.53 bits per heavy atom. The summed E-state index contributed by atoms with van der Waals surface area (Å²) < 4.78 is 0. The zero-order valence-electron chi connectivity index (χ0n) is 30.6. The molecule has 1 aliphatic carbocycles. The van der Waals surface area contributed by atoms with Crippen molar-refractivity contribution < 1.29 is 0 Å². The first-order valence-corrected chi connectivity index (χ1v) is 18.9. The van der Waals surface area contributed by atoms with Gasteiger partial charge in [-0.3, -0.25) is 0 Å². The summed E-state index contributed by atoms with van der Waals surface area (Å²) in [7, 11) is 0. The van der Waals surface area contributed by atoms with Gasteiger partial charge in [0.25, 0.3) is 0 Å². The largest absolute Gasteiger partial charge is 0.208 e. The predicted molar refractivity (Wildman–Crippen MR) is 228 cm³/mol. The second-order valence-electron chi connectivity index (χ2n) is 15.2. The Balaban J connectivity index is 0.963. The van der Waals surface area contributed by atoms with Crippen LogP contribution in [0.5, 0.6) is 0 Å². The molecule has 0 fully saturated rings. The van der Waals surface area contributed by atoms with Crippen LogP contribution in [0.4, 0.5) is 0 Å². The minimum Gasteiger partial charge on any atom is -0.208 e. The molecule has 1 aliphatic rings. The van der Waals surface area contributed by atoms with Crippen molar-refractivity contribution in [3.63, 3.8) is 0 Å². The monoisotopic (exact) mass is 701 g/mol. The Kier molecular flexibility index (Phi) is 6.90. The van der Waals surface area contributed by atoms with Crippen LogP contribution in [0.25, 0.3) is 99.9 Å². The van der Waals surface area contributed by atoms with Crippen molar-refractivity contribution in [1.82, 2.24) is 15.0 Å². The first-order valence-electron chi connectivity index (χ1n) is 18.9. The van der Waals surface area contributed by atoms with E-state index in [1.54, 1.807) is 0 Å². The Labute approximate surface area is 320 Å². The Hall–Kier alpha value is -6.97. The second kappa shape index (κ2) is 12.0. The molecule has 1 heterocycles. The number of hydrogen-bond acceptors (Lipinski definition) is 3. The van der Waals surface area contributed by atoms with Gasteiger partial charge in [0.05, 0.1) is 0 Å². The third-order valence-corrected chi connectivity index (χ3v) is 11.7. The van der Waals surface area contributed by atoms with Crippen molar-refractivity contribution in [2.45, 2.75) is 19.3 Å². The molecular formula is C52H35N3. The first kappa shape index (κ1) is 31.5. The molecule has 258 valence electrons. The van der Waals surface area contributed by atoms with Crippen molar-refractivity contribution in [3.8, 4) is 67.5 Å². The molecule has 9 aromatic carbocycles. The van der Waals surface area contributed by atoms with Gasteiger partial charge >= 0.3 is 0 Å². The van der Waals surface area contributed by atoms with Gasteiger partial charge in [-0.15, -0.1) is 0 Å². The zero-order chi connectivity index (χ0) is 36.7. The number of fused-ring (bicyclic) bond motifs is 3. The topological polar surface area (TPSA) is 38.7 Å². The van der Waals surface area contributed by atoms with Gasteiger partial charge in [-0.25, -0.2) is 15.0 Å². The van der Waals surface area contributed by atoms with E-state index in [0.717, 1.165) is 16.7 Å². The summed E-state index contributed by atoms with van der Waals surface area (Å²) in [6.45, 7) is 4.65. The van der Waals surface area contributed by atoms with Gasteiger partial charge in [-0.05, 0) is 89.0 Å². The molecule has 0 aliphatic heterocycles. The number of hydrogen-bond donors (Lipinski definition) is 0. The average Bonchev–Trinajstić information content (AvgIpc) is 3.48. The molecule has 0 bridgehead atoms. The summed E-state index contributed by atoms with van der Waals surface area (Å²) in [4.78, 5) is 14.9. The van der Waals surface area contributed by atoms with Crippen molar-refractivity contribution >= 4 is 32.3 Å². The lowest BCUT2D eigenvalue weighted by Crippen LogP contribution is -2.15. The lowest BCUT2D eigenvalue weighted by atomic mass is 9.81. The molecule has 0 spiro atoms. The molecule has 1 aromatic heterocycles. The molecule has 55 heavy (non-hydrogen) atoms. The maximum Gasteiger partial charge on any atom is 0.164 e. The fourth-order valence-electron chi connectivity index (χ4n) is 8.84. The Morgan fingerprint density at radius 1 is 0.327 bits per heavy atom. The summed E-state index contributed by atoms with van der Waals surface area (Å²) in [6, 6.07) is 63.3. The van der Waals surface area contributed by atoms with Crippen molar-refractivity contribution in [2.75, 3.05) is 0 Å². The molecule has 3 heteroatoms. The predicted octanol–water partition coefficient (Wildman–Crippen LogP) is 13.4. The van der Waals surface area contributed by atoms with Crippen LogP contribution in [-0.2, 0) is 5.41 Å². The molecule has 10 aromatic rings. The number of rotatable bonds is 5. The molecule has 11 rings (SSSR count). The van der Waals surface area contributed by atoms with E-state index < -0.39 is 0 Å². The van der Waals surface area contributed by atoms with E-state index in [2.05, 4.69) is 129 Å². The van der Waals surface area contributed by atoms with Crippen LogP contribution in [0, 0.1) is 0 Å². The maximum atomic E-state index is 5.02. The van der Waals surface area contributed by atoms with E-state index in [1.807, 2.05) is 60.7 Å². The zero-order valence-corrected chi connectivity index (χ0v) is 30.6. The standard InChI is InChI=1S/C52H35N3/c1-52(2)45-29-25-39(32-16-18-33(19-17-32)41-26-22-36-21-20-34-14-9-15-35-23-28-43(41)48(36)47(34)35)30-44(45)42-27-24-40(31-46(42)52)51-54-49(37-10-5-3-6-11-37)53-50(55-51)38-12-7-4-8-13-38/h3-31H,1-2H3. The van der Waals surface area contributed by atoms with Gasteiger partial charge < -0.3 is 0 Å². The molecule has 0 saturated heterocycles. The summed E-state index contributed by atoms with van der Waals surface area (Å²) in [6.07, 6.45) is 0. The molecule has 0 radical (unpaired) electrons. The Morgan fingerprint density at radius 2 is 0.855 bits per heavy atom. The third kappa shape index (κ3) is 5.01. The lowest BCUT2D eigenvalue weighted by Gasteiger charge is -2.22. The van der Waals surface area contributed by atoms with Gasteiger partial charge in [-0.1, -0.05) is 178 Å². The number of aromatic nitrogens is 3. The van der Waals surface area contributed by atoms with E-state index in [1.165, 1.54) is 76.8 Å². The van der Waals surface area contributed by atoms with E-state index in [0.29, 0.717) is 17.5 Å². The van der Waals surface area contributed by atoms with Crippen LogP contribution in [0.15, 0.2) is 176 Å². The minimum absolute atomic E-state index is 0.185. The van der Waals surface area contributed by atoms with Gasteiger partial charge in [0.1, 0.15) is 0 Å². The summed E-state index contributed by atoms with van der Waals surface area (Å²) in [5.41, 5.74) is 12.8. The van der Waals surface area contributed by atoms with Gasteiger partial charge in [0.2, 0.25) is 0 Å². The highest BCUT2D eigenvalue weighted by Gasteiger charge is 2.36. The van der Waals surface area contributed by atoms with Crippen LogP contribution in [-0.4, -0.2) is 15.0 Å². The van der Waals surface area contributed by atoms with Gasteiger partial charge in [0.15, 0.2) is 17.5 Å². The van der Waals surface area contributed by atoms with E-state index in [-0.39, 0.29) is 5.41 Å². The van der Waals surface area contributed by atoms with Crippen molar-refractivity contribution in [2.24, 2.45) is 0 Å². The van der Waals surface area contributed by atoms with Gasteiger partial charge in [0, 0.05) is 22.1 Å². The smallest absolute Gasteiger partial charge is 0.164 e. The fraction of sp³-hybridized carbons (Fsp3) is 0.0577. The second-order valence-corrected chi connectivity index (χ2v) is 15.2. The quantitative estimate of drug-likeness (QED) is 0.168. The summed E-state index contributed by atoms with van der Waals surface area (Å²) >= 11 is 0. The first-order chi connectivity index (χ1) is 27.0. The number of benzene rings is 9. The highest BCUT2D eigenvalue weighted by Crippen LogP contribution is 2.51. The summed E-state index contributed by atoms with van der Waals surface area (Å²) in [5, 5.41) is 7.88. The van der Waals surface area contributed by atoms with Crippen LogP contribution < -0.4 is 0 Å². The molecule has 0 amide bonds. The highest BCUT2D eigenvalue weighted by atomic mass is 15.0. The SMILES string of the molecule is CC1(C)c2ccc(-c3ccc(-c4ccc5ccc6cccc7ccc4c5c67)cc3)cc2-c2ccc(-c3nc(-c4ccccc4)nc(-c4ccccc4)n3)cc21. The molecular weight excluding hydrogens is 667 g/mol. The fourth-order valence-corrected chi connectivity index (χ4v) is 8.84. The third-order valence-electron chi connectivity index (χ3n) is 11.7. The number of nitrogens with zero attached hydrogens (tertiary/aromatic N) is 3. The van der Waals surface area contributed by atoms with Crippen LogP contribution in [0.2, 0.25) is 0 Å². The maximum absolute atomic E-state index is 5.02. The lowest BCUT2D eigenvalue weighted by molar-refractivity contribution is 0.660. The van der Waals surface area contributed by atoms with Crippen molar-refractivity contribution in [1.29, 1.82) is 0 Å². The van der Waals surface area contributed by atoms with E-state index >= 15 is 0 Å². The molecule has 0 saturated carbocycles. The minimum atomic E-state index is -0.185. The summed E-state index contributed by atoms with van der Waals surface area (Å²) in [5.74, 6) is 2.01.